The number of carbonyl (C=O) groups is 1. The first-order chi connectivity index (χ1) is 11.2. The molecule has 24 heavy (non-hydrogen) atoms. The smallest absolute Gasteiger partial charge is 0.254 e. The molecule has 4 nitrogen and oxygen atoms in total. The molecule has 1 amide bonds. The quantitative estimate of drug-likeness (QED) is 0.643. The summed E-state index contributed by atoms with van der Waals surface area (Å²) in [6.07, 6.45) is 1.61. The third-order valence-corrected chi connectivity index (χ3v) is 5.89. The van der Waals surface area contributed by atoms with Crippen molar-refractivity contribution in [1.29, 1.82) is 0 Å². The first-order valence-corrected chi connectivity index (χ1v) is 9.62. The Morgan fingerprint density at radius 3 is 2.17 bits per heavy atom. The average Bonchev–Trinajstić information content (AvgIpc) is 2.55. The van der Waals surface area contributed by atoms with Gasteiger partial charge in [0.1, 0.15) is 5.56 Å². The van der Waals surface area contributed by atoms with Crippen LogP contribution in [0.4, 0.5) is 0 Å². The Morgan fingerprint density at radius 1 is 1.25 bits per heavy atom. The third-order valence-electron chi connectivity index (χ3n) is 4.33. The number of benzene rings is 1. The van der Waals surface area contributed by atoms with E-state index in [0.29, 0.717) is 10.2 Å². The third kappa shape index (κ3) is 3.18. The summed E-state index contributed by atoms with van der Waals surface area (Å²) in [5, 5.41) is 0. The van der Waals surface area contributed by atoms with Crippen molar-refractivity contribution < 1.29 is 4.79 Å². The normalized spacial score (nSPS) is 10.9. The standard InChI is InChI=1S/C18H20BrIN2O2/c1-5-10-7-12(20)8-11(6-2)13(10)16-14(18(21)24)17(23)15(19)9(3)22(16)4/h7-8H,5-6H2,1-4H3,(H2,21,24). The molecule has 1 heterocycles. The number of pyridine rings is 1. The molecule has 2 rings (SSSR count). The van der Waals surface area contributed by atoms with E-state index in [1.54, 1.807) is 0 Å². The maximum Gasteiger partial charge on any atom is 0.254 e. The van der Waals surface area contributed by atoms with Gasteiger partial charge in [-0.3, -0.25) is 9.59 Å². The van der Waals surface area contributed by atoms with Crippen molar-refractivity contribution in [2.75, 3.05) is 0 Å². The highest BCUT2D eigenvalue weighted by Crippen LogP contribution is 2.33. The van der Waals surface area contributed by atoms with Crippen molar-refractivity contribution in [3.05, 3.63) is 52.8 Å². The van der Waals surface area contributed by atoms with E-state index in [0.717, 1.165) is 38.8 Å². The Bertz CT molecular complexity index is 863. The Kier molecular flexibility index (Phi) is 5.91. The van der Waals surface area contributed by atoms with E-state index < -0.39 is 5.91 Å². The van der Waals surface area contributed by atoms with Crippen molar-refractivity contribution in [3.8, 4) is 11.3 Å². The molecule has 0 radical (unpaired) electrons. The molecule has 0 aliphatic carbocycles. The van der Waals surface area contributed by atoms with Gasteiger partial charge < -0.3 is 10.3 Å². The summed E-state index contributed by atoms with van der Waals surface area (Å²) in [7, 11) is 1.86. The van der Waals surface area contributed by atoms with Crippen LogP contribution >= 0.6 is 38.5 Å². The fourth-order valence-electron chi connectivity index (χ4n) is 2.97. The van der Waals surface area contributed by atoms with Gasteiger partial charge in [-0.05, 0) is 81.5 Å². The molecule has 128 valence electrons. The van der Waals surface area contributed by atoms with E-state index in [4.69, 9.17) is 5.73 Å². The highest BCUT2D eigenvalue weighted by Gasteiger charge is 2.24. The molecule has 0 spiro atoms. The summed E-state index contributed by atoms with van der Waals surface area (Å²) in [6.45, 7) is 5.99. The van der Waals surface area contributed by atoms with E-state index in [9.17, 15) is 9.59 Å². The summed E-state index contributed by atoms with van der Waals surface area (Å²) in [5.74, 6) is -0.700. The second kappa shape index (κ2) is 7.39. The zero-order valence-corrected chi connectivity index (χ0v) is 17.9. The lowest BCUT2D eigenvalue weighted by Crippen LogP contribution is -2.28. The molecule has 1 aromatic heterocycles. The van der Waals surface area contributed by atoms with Crippen LogP contribution in [0.15, 0.2) is 21.4 Å². The zero-order valence-electron chi connectivity index (χ0n) is 14.2. The largest absolute Gasteiger partial charge is 0.365 e. The van der Waals surface area contributed by atoms with Gasteiger partial charge in [-0.2, -0.15) is 0 Å². The molecule has 0 aliphatic heterocycles. The molecule has 0 atom stereocenters. The Hall–Kier alpha value is -1.15. The second-order valence-corrected chi connectivity index (χ2v) is 7.72. The Labute approximate surface area is 163 Å². The topological polar surface area (TPSA) is 65.1 Å². The monoisotopic (exact) mass is 502 g/mol. The van der Waals surface area contributed by atoms with Crippen molar-refractivity contribution in [3.63, 3.8) is 0 Å². The van der Waals surface area contributed by atoms with Gasteiger partial charge in [0.25, 0.3) is 5.91 Å². The number of hydrogen-bond acceptors (Lipinski definition) is 2. The molecule has 0 saturated carbocycles. The summed E-state index contributed by atoms with van der Waals surface area (Å²) in [4.78, 5) is 24.8. The number of amides is 1. The van der Waals surface area contributed by atoms with Gasteiger partial charge in [-0.1, -0.05) is 13.8 Å². The number of primary amides is 1. The fourth-order valence-corrected chi connectivity index (χ4v) is 4.19. The van der Waals surface area contributed by atoms with Crippen molar-refractivity contribution >= 4 is 44.4 Å². The van der Waals surface area contributed by atoms with Crippen LogP contribution in [0, 0.1) is 10.5 Å². The number of rotatable bonds is 4. The highest BCUT2D eigenvalue weighted by molar-refractivity contribution is 14.1. The van der Waals surface area contributed by atoms with Gasteiger partial charge in [0.2, 0.25) is 5.43 Å². The number of aromatic nitrogens is 1. The molecule has 0 fully saturated rings. The zero-order chi connectivity index (χ0) is 18.2. The minimum absolute atomic E-state index is 0.0422. The van der Waals surface area contributed by atoms with E-state index in [2.05, 4.69) is 64.5 Å². The molecule has 2 N–H and O–H groups in total. The van der Waals surface area contributed by atoms with E-state index in [1.165, 1.54) is 0 Å². The molecule has 0 saturated heterocycles. The summed E-state index contributed by atoms with van der Waals surface area (Å²) >= 11 is 5.59. The minimum atomic E-state index is -0.700. The predicted molar refractivity (Wildman–Crippen MR) is 110 cm³/mol. The van der Waals surface area contributed by atoms with Crippen LogP contribution in [0.2, 0.25) is 0 Å². The average molecular weight is 503 g/mol. The SMILES string of the molecule is CCc1cc(I)cc(CC)c1-c1c(C(N)=O)c(=O)c(Br)c(C)n1C. The van der Waals surface area contributed by atoms with Crippen LogP contribution < -0.4 is 11.2 Å². The predicted octanol–water partition coefficient (Wildman–Crippen LogP) is 3.95. The second-order valence-electron chi connectivity index (χ2n) is 5.68. The lowest BCUT2D eigenvalue weighted by Gasteiger charge is -2.22. The molecular formula is C18H20BrIN2O2. The summed E-state index contributed by atoms with van der Waals surface area (Å²) in [6, 6.07) is 4.20. The van der Waals surface area contributed by atoms with Crippen LogP contribution in [-0.4, -0.2) is 10.5 Å². The molecule has 0 bridgehead atoms. The first-order valence-electron chi connectivity index (χ1n) is 7.75. The van der Waals surface area contributed by atoms with Gasteiger partial charge in [0.15, 0.2) is 0 Å². The lowest BCUT2D eigenvalue weighted by molar-refractivity contribution is 0.0999. The van der Waals surface area contributed by atoms with Crippen molar-refractivity contribution in [1.82, 2.24) is 4.57 Å². The molecular weight excluding hydrogens is 483 g/mol. The van der Waals surface area contributed by atoms with E-state index in [1.807, 2.05) is 18.5 Å². The molecule has 0 unspecified atom stereocenters. The van der Waals surface area contributed by atoms with E-state index in [-0.39, 0.29) is 11.0 Å². The van der Waals surface area contributed by atoms with Crippen LogP contribution in [0.5, 0.6) is 0 Å². The molecule has 2 aromatic rings. The van der Waals surface area contributed by atoms with E-state index >= 15 is 0 Å². The van der Waals surface area contributed by atoms with Crippen molar-refractivity contribution in [2.24, 2.45) is 12.8 Å². The molecule has 6 heteroatoms. The molecule has 0 aliphatic rings. The lowest BCUT2D eigenvalue weighted by atomic mass is 9.91. The van der Waals surface area contributed by atoms with Gasteiger partial charge in [0.05, 0.1) is 10.2 Å². The maximum absolute atomic E-state index is 12.7. The van der Waals surface area contributed by atoms with Gasteiger partial charge in [0, 0.05) is 21.9 Å². The Balaban J connectivity index is 3.09. The van der Waals surface area contributed by atoms with Crippen molar-refractivity contribution in [2.45, 2.75) is 33.6 Å². The number of hydrogen-bond donors (Lipinski definition) is 1. The summed E-state index contributed by atoms with van der Waals surface area (Å²) in [5.41, 5.74) is 9.81. The maximum atomic E-state index is 12.7. The van der Waals surface area contributed by atoms with Crippen LogP contribution in [0.3, 0.4) is 0 Å². The summed E-state index contributed by atoms with van der Waals surface area (Å²) < 4.78 is 3.40. The number of halogens is 2. The number of nitrogens with two attached hydrogens (primary N) is 1. The number of nitrogens with zero attached hydrogens (tertiary/aromatic N) is 1. The molecule has 1 aromatic carbocycles. The highest BCUT2D eigenvalue weighted by atomic mass is 127. The fraction of sp³-hybridized carbons (Fsp3) is 0.333. The first kappa shape index (κ1) is 19.2. The van der Waals surface area contributed by atoms with Gasteiger partial charge >= 0.3 is 0 Å². The van der Waals surface area contributed by atoms with Crippen LogP contribution in [0.1, 0.15) is 41.0 Å². The van der Waals surface area contributed by atoms with Crippen LogP contribution in [0.25, 0.3) is 11.3 Å². The number of aryl methyl sites for hydroxylation is 2. The van der Waals surface area contributed by atoms with Gasteiger partial charge in [-0.25, -0.2) is 0 Å². The Morgan fingerprint density at radius 2 is 1.75 bits per heavy atom. The minimum Gasteiger partial charge on any atom is -0.365 e. The number of carbonyl (C=O) groups excluding carboxylic acids is 1. The van der Waals surface area contributed by atoms with Gasteiger partial charge in [-0.15, -0.1) is 0 Å². The van der Waals surface area contributed by atoms with Crippen LogP contribution in [-0.2, 0) is 19.9 Å².